The number of benzene rings is 1. The van der Waals surface area contributed by atoms with Crippen LogP contribution in [0.3, 0.4) is 0 Å². The summed E-state index contributed by atoms with van der Waals surface area (Å²) < 4.78 is 24.0. The van der Waals surface area contributed by atoms with E-state index in [1.807, 2.05) is 14.1 Å². The highest BCUT2D eigenvalue weighted by atomic mass is 35.5. The van der Waals surface area contributed by atoms with E-state index in [9.17, 15) is 9.18 Å². The van der Waals surface area contributed by atoms with Crippen LogP contribution in [-0.4, -0.2) is 32.3 Å². The van der Waals surface area contributed by atoms with Gasteiger partial charge in [-0.2, -0.15) is 0 Å². The van der Waals surface area contributed by atoms with Crippen LogP contribution in [0.2, 0.25) is 5.02 Å². The van der Waals surface area contributed by atoms with Gasteiger partial charge in [-0.25, -0.2) is 9.18 Å². The van der Waals surface area contributed by atoms with Crippen LogP contribution in [0, 0.1) is 5.82 Å². The number of methoxy groups -OCH3 is 1. The van der Waals surface area contributed by atoms with Gasteiger partial charge >= 0.3 is 5.97 Å². The van der Waals surface area contributed by atoms with Gasteiger partial charge in [-0.3, -0.25) is 0 Å². The topological polar surface area (TPSA) is 56.8 Å². The van der Waals surface area contributed by atoms with Crippen LogP contribution in [0.5, 0.6) is 0 Å². The number of esters is 1. The number of quaternary nitrogens is 1. The van der Waals surface area contributed by atoms with E-state index in [4.69, 9.17) is 20.9 Å². The summed E-state index contributed by atoms with van der Waals surface area (Å²) >= 11 is 6.02. The van der Waals surface area contributed by atoms with Gasteiger partial charge in [-0.05, 0) is 12.1 Å². The van der Waals surface area contributed by atoms with Crippen LogP contribution in [0.4, 0.5) is 4.39 Å². The molecule has 0 aliphatic rings. The van der Waals surface area contributed by atoms with Crippen LogP contribution < -0.4 is 4.90 Å². The van der Waals surface area contributed by atoms with Gasteiger partial charge in [0.2, 0.25) is 0 Å². The first-order valence-corrected chi connectivity index (χ1v) is 6.84. The Bertz CT molecular complexity index is 705. The van der Waals surface area contributed by atoms with Crippen molar-refractivity contribution in [3.63, 3.8) is 0 Å². The Morgan fingerprint density at radius 1 is 1.45 bits per heavy atom. The highest BCUT2D eigenvalue weighted by molar-refractivity contribution is 6.33. The normalized spacial score (nSPS) is 11.4. The molecule has 0 bridgehead atoms. The van der Waals surface area contributed by atoms with E-state index < -0.39 is 11.8 Å². The number of ether oxygens (including phenoxy) is 1. The van der Waals surface area contributed by atoms with Crippen molar-refractivity contribution in [1.29, 1.82) is 0 Å². The highest BCUT2D eigenvalue weighted by Crippen LogP contribution is 2.34. The Balaban J connectivity index is 2.65. The zero-order valence-corrected chi connectivity index (χ0v) is 13.1. The quantitative estimate of drug-likeness (QED) is 0.874. The number of hydrogen-bond donors (Lipinski definition) is 1. The van der Waals surface area contributed by atoms with Crippen molar-refractivity contribution in [1.82, 2.24) is 5.16 Å². The Hall–Kier alpha value is -2.18. The number of hydrogen-bond acceptors (Lipinski definition) is 4. The van der Waals surface area contributed by atoms with E-state index in [1.54, 1.807) is 12.3 Å². The Morgan fingerprint density at radius 3 is 2.77 bits per heavy atom. The molecule has 116 valence electrons. The van der Waals surface area contributed by atoms with Crippen molar-refractivity contribution in [3.05, 3.63) is 46.6 Å². The van der Waals surface area contributed by atoms with Crippen LogP contribution >= 0.6 is 11.6 Å². The molecule has 1 N–H and O–H groups in total. The molecular formula is C15H15ClFN2O3+. The molecule has 0 fully saturated rings. The van der Waals surface area contributed by atoms with Crippen molar-refractivity contribution in [2.75, 3.05) is 21.2 Å². The van der Waals surface area contributed by atoms with Crippen molar-refractivity contribution in [2.24, 2.45) is 0 Å². The molecule has 0 radical (unpaired) electrons. The maximum absolute atomic E-state index is 14.1. The number of carbonyl (C=O) groups is 1. The number of nitrogens with zero attached hydrogens (tertiary/aromatic N) is 1. The monoisotopic (exact) mass is 325 g/mol. The number of aromatic nitrogens is 1. The van der Waals surface area contributed by atoms with Gasteiger partial charge in [0.25, 0.3) is 0 Å². The average molecular weight is 326 g/mol. The van der Waals surface area contributed by atoms with E-state index in [2.05, 4.69) is 5.16 Å². The zero-order valence-electron chi connectivity index (χ0n) is 12.3. The molecule has 7 heteroatoms. The Kier molecular flexibility index (Phi) is 4.95. The summed E-state index contributed by atoms with van der Waals surface area (Å²) in [4.78, 5) is 13.0. The predicted octanol–water partition coefficient (Wildman–Crippen LogP) is 2.04. The third-order valence-corrected chi connectivity index (χ3v) is 3.19. The van der Waals surface area contributed by atoms with Crippen LogP contribution in [0.15, 0.2) is 28.9 Å². The molecule has 2 rings (SSSR count). The van der Waals surface area contributed by atoms with Gasteiger partial charge in [0.05, 0.1) is 38.0 Å². The zero-order chi connectivity index (χ0) is 16.3. The second kappa shape index (κ2) is 6.72. The lowest BCUT2D eigenvalue weighted by molar-refractivity contribution is -0.800. The third kappa shape index (κ3) is 3.18. The Labute approximate surface area is 131 Å². The maximum Gasteiger partial charge on any atom is 0.344 e. The summed E-state index contributed by atoms with van der Waals surface area (Å²) in [7, 11) is 5.01. The molecule has 0 saturated heterocycles. The molecule has 1 heterocycles. The lowest BCUT2D eigenvalue weighted by Crippen LogP contribution is -3.00. The van der Waals surface area contributed by atoms with Crippen molar-refractivity contribution < 1.29 is 23.3 Å². The second-order valence-electron chi connectivity index (χ2n) is 4.77. The van der Waals surface area contributed by atoms with Crippen LogP contribution in [0.25, 0.3) is 17.3 Å². The smallest absolute Gasteiger partial charge is 0.344 e. The molecule has 1 aromatic carbocycles. The SMILES string of the molecule is COC(=O)c1c(-c2c(F)cccc2Cl)noc1/C=C/[NH+](C)C. The van der Waals surface area contributed by atoms with Gasteiger partial charge in [0.1, 0.15) is 17.1 Å². The highest BCUT2D eigenvalue weighted by Gasteiger charge is 2.27. The van der Waals surface area contributed by atoms with Crippen LogP contribution in [0.1, 0.15) is 16.1 Å². The van der Waals surface area contributed by atoms with E-state index in [-0.39, 0.29) is 27.6 Å². The average Bonchev–Trinajstić information content (AvgIpc) is 2.88. The lowest BCUT2D eigenvalue weighted by atomic mass is 10.1. The van der Waals surface area contributed by atoms with Crippen molar-refractivity contribution in [3.8, 4) is 11.3 Å². The predicted molar refractivity (Wildman–Crippen MR) is 80.1 cm³/mol. The summed E-state index contributed by atoms with van der Waals surface area (Å²) in [5.41, 5.74) is 0.0560. The molecule has 0 aliphatic carbocycles. The fraction of sp³-hybridized carbons (Fsp3) is 0.200. The first kappa shape index (κ1) is 16.2. The standard InChI is InChI=1S/C15H14ClFN2O3/c1-19(2)8-7-11-13(15(20)21-3)14(18-22-11)12-9(16)5-4-6-10(12)17/h4-8H,1-3H3/p+1/b8-7+. The first-order valence-electron chi connectivity index (χ1n) is 6.46. The number of nitrogens with one attached hydrogen (secondary N) is 1. The minimum Gasteiger partial charge on any atom is -0.465 e. The molecule has 0 unspecified atom stereocenters. The number of carbonyl (C=O) groups excluding carboxylic acids is 1. The summed E-state index contributed by atoms with van der Waals surface area (Å²) in [5.74, 6) is -1.09. The fourth-order valence-corrected chi connectivity index (χ4v) is 2.11. The summed E-state index contributed by atoms with van der Waals surface area (Å²) in [5, 5.41) is 3.93. The minimum absolute atomic E-state index is 0.00478. The molecule has 0 atom stereocenters. The van der Waals surface area contributed by atoms with Gasteiger partial charge in [-0.15, -0.1) is 0 Å². The number of halogens is 2. The molecule has 0 spiro atoms. The first-order chi connectivity index (χ1) is 10.5. The molecule has 22 heavy (non-hydrogen) atoms. The maximum atomic E-state index is 14.1. The second-order valence-corrected chi connectivity index (χ2v) is 5.18. The summed E-state index contributed by atoms with van der Waals surface area (Å²) in [6, 6.07) is 4.21. The summed E-state index contributed by atoms with van der Waals surface area (Å²) in [6.07, 6.45) is 3.33. The van der Waals surface area contributed by atoms with E-state index in [0.717, 1.165) is 4.90 Å². The fourth-order valence-electron chi connectivity index (χ4n) is 1.85. The molecule has 2 aromatic rings. The largest absolute Gasteiger partial charge is 0.465 e. The third-order valence-electron chi connectivity index (χ3n) is 2.88. The van der Waals surface area contributed by atoms with Gasteiger partial charge in [0, 0.05) is 6.08 Å². The minimum atomic E-state index is -0.677. The Morgan fingerprint density at radius 2 is 2.18 bits per heavy atom. The molecule has 0 aliphatic heterocycles. The molecular weight excluding hydrogens is 311 g/mol. The molecule has 0 saturated carbocycles. The van der Waals surface area contributed by atoms with E-state index >= 15 is 0 Å². The van der Waals surface area contributed by atoms with E-state index in [1.165, 1.54) is 25.3 Å². The number of rotatable bonds is 4. The van der Waals surface area contributed by atoms with Crippen molar-refractivity contribution in [2.45, 2.75) is 0 Å². The van der Waals surface area contributed by atoms with Gasteiger partial charge < -0.3 is 14.2 Å². The van der Waals surface area contributed by atoms with Crippen LogP contribution in [-0.2, 0) is 4.74 Å². The van der Waals surface area contributed by atoms with Gasteiger partial charge in [-0.1, -0.05) is 22.8 Å². The lowest BCUT2D eigenvalue weighted by Gasteiger charge is -2.04. The van der Waals surface area contributed by atoms with Crippen molar-refractivity contribution >= 4 is 23.6 Å². The summed E-state index contributed by atoms with van der Waals surface area (Å²) in [6.45, 7) is 0. The van der Waals surface area contributed by atoms with E-state index in [0.29, 0.717) is 0 Å². The molecule has 0 amide bonds. The molecule has 5 nitrogen and oxygen atoms in total. The van der Waals surface area contributed by atoms with Gasteiger partial charge in [0.15, 0.2) is 5.76 Å². The molecule has 1 aromatic heterocycles.